The predicted molar refractivity (Wildman–Crippen MR) is 83.6 cm³/mol. The maximum absolute atomic E-state index is 9.84. The first kappa shape index (κ1) is 15.8. The van der Waals surface area contributed by atoms with Crippen LogP contribution in [0.4, 0.5) is 0 Å². The Kier molecular flexibility index (Phi) is 4.73. The highest BCUT2D eigenvalue weighted by Crippen LogP contribution is 2.37. The second-order valence-corrected chi connectivity index (χ2v) is 6.68. The lowest BCUT2D eigenvalue weighted by Gasteiger charge is -2.47. The number of nitrogens with zero attached hydrogens (tertiary/aromatic N) is 3. The van der Waals surface area contributed by atoms with E-state index in [0.717, 1.165) is 11.4 Å². The Labute approximate surface area is 131 Å². The molecule has 6 heteroatoms. The van der Waals surface area contributed by atoms with Crippen molar-refractivity contribution in [1.29, 1.82) is 0 Å². The molecule has 0 bridgehead atoms. The summed E-state index contributed by atoms with van der Waals surface area (Å²) in [7, 11) is 2.05. The van der Waals surface area contributed by atoms with E-state index in [2.05, 4.69) is 34.2 Å². The first-order valence-corrected chi connectivity index (χ1v) is 8.08. The van der Waals surface area contributed by atoms with Gasteiger partial charge >= 0.3 is 0 Å². The molecule has 1 saturated carbocycles. The summed E-state index contributed by atoms with van der Waals surface area (Å²) in [5.41, 5.74) is 0.719. The summed E-state index contributed by atoms with van der Waals surface area (Å²) in [4.78, 5) is 11.1. The van der Waals surface area contributed by atoms with Crippen LogP contribution in [-0.4, -0.2) is 65.0 Å². The second-order valence-electron chi connectivity index (χ2n) is 6.68. The fraction of sp³-hybridized carbons (Fsp3) is 0.750. The van der Waals surface area contributed by atoms with Gasteiger partial charge in [-0.15, -0.1) is 0 Å². The van der Waals surface area contributed by atoms with Crippen molar-refractivity contribution in [3.63, 3.8) is 0 Å². The van der Waals surface area contributed by atoms with E-state index >= 15 is 0 Å². The Morgan fingerprint density at radius 1 is 1.41 bits per heavy atom. The van der Waals surface area contributed by atoms with Crippen molar-refractivity contribution in [3.05, 3.63) is 23.8 Å². The van der Waals surface area contributed by atoms with Crippen LogP contribution in [0.15, 0.2) is 12.4 Å². The molecule has 1 aliphatic heterocycles. The molecule has 0 unspecified atom stereocenters. The Bertz CT molecular complexity index is 491. The molecule has 1 saturated heterocycles. The minimum absolute atomic E-state index is 0.0813. The largest absolute Gasteiger partial charge is 0.394 e. The molecule has 3 rings (SSSR count). The summed E-state index contributed by atoms with van der Waals surface area (Å²) in [5, 5.41) is 13.3. The topological polar surface area (TPSA) is 70.5 Å². The van der Waals surface area contributed by atoms with Gasteiger partial charge in [-0.25, -0.2) is 9.97 Å². The Hall–Kier alpha value is -1.08. The lowest BCUT2D eigenvalue weighted by atomic mass is 9.96. The van der Waals surface area contributed by atoms with Crippen LogP contribution in [0.1, 0.15) is 37.1 Å². The Morgan fingerprint density at radius 3 is 2.77 bits per heavy atom. The van der Waals surface area contributed by atoms with E-state index in [0.29, 0.717) is 38.3 Å². The average Bonchev–Trinajstić information content (AvgIpc) is 3.37. The van der Waals surface area contributed by atoms with Crippen molar-refractivity contribution in [1.82, 2.24) is 20.2 Å². The Balaban J connectivity index is 1.54. The normalized spacial score (nSPS) is 29.7. The number of hydrogen-bond acceptors (Lipinski definition) is 6. The quantitative estimate of drug-likeness (QED) is 0.799. The molecule has 2 N–H and O–H groups in total. The van der Waals surface area contributed by atoms with Gasteiger partial charge in [0.05, 0.1) is 25.4 Å². The molecule has 2 aliphatic rings. The highest BCUT2D eigenvalue weighted by Gasteiger charge is 2.40. The van der Waals surface area contributed by atoms with Crippen LogP contribution in [0, 0.1) is 0 Å². The number of morpholine rings is 1. The maximum atomic E-state index is 9.84. The predicted octanol–water partition coefficient (Wildman–Crippen LogP) is 0.525. The molecule has 0 radical (unpaired) electrons. The fourth-order valence-electron chi connectivity index (χ4n) is 2.94. The molecule has 2 fully saturated rings. The van der Waals surface area contributed by atoms with Gasteiger partial charge in [0, 0.05) is 43.0 Å². The molecule has 2 heterocycles. The SMILES string of the molecule is C[C@@H]1COC[C@@](CO)(CNCc2cnc(C3CC3)nc2)N1C. The molecular weight excluding hydrogens is 280 g/mol. The standard InChI is InChI=1S/C16H26N4O2/c1-12-8-22-11-16(10-21,20(12)2)9-17-5-13-6-18-15(19-7-13)14-3-4-14/h6-7,12,14,17,21H,3-5,8-11H2,1-2H3/t12-,16+/m1/s1. The molecule has 22 heavy (non-hydrogen) atoms. The van der Waals surface area contributed by atoms with E-state index in [4.69, 9.17) is 4.74 Å². The minimum Gasteiger partial charge on any atom is -0.394 e. The van der Waals surface area contributed by atoms with E-state index in [1.165, 1.54) is 12.8 Å². The summed E-state index contributed by atoms with van der Waals surface area (Å²) in [6, 6.07) is 0.309. The number of nitrogens with one attached hydrogen (secondary N) is 1. The molecule has 0 aromatic carbocycles. The third-order valence-corrected chi connectivity index (χ3v) is 4.88. The van der Waals surface area contributed by atoms with Crippen LogP contribution in [0.5, 0.6) is 0 Å². The summed E-state index contributed by atoms with van der Waals surface area (Å²) in [6.45, 7) is 4.85. The number of aromatic nitrogens is 2. The molecule has 1 aliphatic carbocycles. The zero-order valence-electron chi connectivity index (χ0n) is 13.5. The van der Waals surface area contributed by atoms with E-state index < -0.39 is 0 Å². The summed E-state index contributed by atoms with van der Waals surface area (Å²) in [6.07, 6.45) is 6.26. The van der Waals surface area contributed by atoms with Crippen LogP contribution in [-0.2, 0) is 11.3 Å². The number of hydrogen-bond donors (Lipinski definition) is 2. The van der Waals surface area contributed by atoms with Gasteiger partial charge in [-0.3, -0.25) is 4.90 Å². The molecule has 2 atom stereocenters. The van der Waals surface area contributed by atoms with Gasteiger partial charge in [0.15, 0.2) is 0 Å². The van der Waals surface area contributed by atoms with Crippen molar-refractivity contribution in [2.75, 3.05) is 33.4 Å². The number of likely N-dealkylation sites (N-methyl/N-ethyl adjacent to an activating group) is 1. The maximum Gasteiger partial charge on any atom is 0.131 e. The summed E-state index contributed by atoms with van der Waals surface area (Å²) < 4.78 is 5.64. The van der Waals surface area contributed by atoms with Gasteiger partial charge in [-0.05, 0) is 26.8 Å². The molecule has 1 aromatic heterocycles. The third-order valence-electron chi connectivity index (χ3n) is 4.88. The van der Waals surface area contributed by atoms with Gasteiger partial charge in [0.1, 0.15) is 5.82 Å². The zero-order valence-corrected chi connectivity index (χ0v) is 13.5. The molecule has 0 amide bonds. The van der Waals surface area contributed by atoms with Crippen LogP contribution in [0.2, 0.25) is 0 Å². The first-order chi connectivity index (χ1) is 10.6. The van der Waals surface area contributed by atoms with Gasteiger partial charge in [0.2, 0.25) is 0 Å². The van der Waals surface area contributed by atoms with Crippen LogP contribution < -0.4 is 5.32 Å². The fourth-order valence-corrected chi connectivity index (χ4v) is 2.94. The molecule has 6 nitrogen and oxygen atoms in total. The van der Waals surface area contributed by atoms with Crippen molar-refractivity contribution < 1.29 is 9.84 Å². The highest BCUT2D eigenvalue weighted by molar-refractivity contribution is 5.10. The smallest absolute Gasteiger partial charge is 0.131 e. The number of aliphatic hydroxyl groups is 1. The second kappa shape index (κ2) is 6.58. The van der Waals surface area contributed by atoms with Crippen LogP contribution in [0.25, 0.3) is 0 Å². The van der Waals surface area contributed by atoms with E-state index in [-0.39, 0.29) is 12.1 Å². The van der Waals surface area contributed by atoms with Gasteiger partial charge in [0.25, 0.3) is 0 Å². The lowest BCUT2D eigenvalue weighted by molar-refractivity contribution is -0.106. The van der Waals surface area contributed by atoms with E-state index in [9.17, 15) is 5.11 Å². The molecule has 1 aromatic rings. The van der Waals surface area contributed by atoms with Crippen LogP contribution >= 0.6 is 0 Å². The van der Waals surface area contributed by atoms with Crippen molar-refractivity contribution in [2.45, 2.75) is 43.8 Å². The van der Waals surface area contributed by atoms with Gasteiger partial charge in [-0.2, -0.15) is 0 Å². The summed E-state index contributed by atoms with van der Waals surface area (Å²) >= 11 is 0. The van der Waals surface area contributed by atoms with Crippen molar-refractivity contribution >= 4 is 0 Å². The average molecular weight is 306 g/mol. The number of rotatable bonds is 6. The number of aliphatic hydroxyl groups excluding tert-OH is 1. The van der Waals surface area contributed by atoms with Gasteiger partial charge < -0.3 is 15.2 Å². The summed E-state index contributed by atoms with van der Waals surface area (Å²) in [5.74, 6) is 1.57. The highest BCUT2D eigenvalue weighted by atomic mass is 16.5. The molecule has 0 spiro atoms. The zero-order chi connectivity index (χ0) is 15.6. The van der Waals surface area contributed by atoms with Crippen molar-refractivity contribution in [2.24, 2.45) is 0 Å². The molecule has 122 valence electrons. The van der Waals surface area contributed by atoms with E-state index in [1.54, 1.807) is 0 Å². The van der Waals surface area contributed by atoms with Crippen molar-refractivity contribution in [3.8, 4) is 0 Å². The molecular formula is C16H26N4O2. The van der Waals surface area contributed by atoms with Gasteiger partial charge in [-0.1, -0.05) is 0 Å². The first-order valence-electron chi connectivity index (χ1n) is 8.08. The third kappa shape index (κ3) is 3.30. The Morgan fingerprint density at radius 2 is 2.14 bits per heavy atom. The van der Waals surface area contributed by atoms with E-state index in [1.807, 2.05) is 12.4 Å². The minimum atomic E-state index is -0.355. The number of ether oxygens (including phenoxy) is 1. The lowest BCUT2D eigenvalue weighted by Crippen LogP contribution is -2.65. The monoisotopic (exact) mass is 306 g/mol. The van der Waals surface area contributed by atoms with Crippen LogP contribution in [0.3, 0.4) is 0 Å².